The molecule has 0 spiro atoms. The van der Waals surface area contributed by atoms with E-state index in [4.69, 9.17) is 4.52 Å². The van der Waals surface area contributed by atoms with Gasteiger partial charge in [0.25, 0.3) is 0 Å². The van der Waals surface area contributed by atoms with Crippen molar-refractivity contribution in [2.24, 2.45) is 5.92 Å². The van der Waals surface area contributed by atoms with E-state index in [0.29, 0.717) is 25.3 Å². The van der Waals surface area contributed by atoms with Crippen molar-refractivity contribution in [3.05, 3.63) is 17.5 Å². The summed E-state index contributed by atoms with van der Waals surface area (Å²) < 4.78 is 28.8. The van der Waals surface area contributed by atoms with Gasteiger partial charge in [-0.25, -0.2) is 8.42 Å². The number of amides is 2. The molecule has 0 aliphatic carbocycles. The molecule has 3 fully saturated rings. The van der Waals surface area contributed by atoms with Crippen LogP contribution in [0.4, 0.5) is 0 Å². The minimum atomic E-state index is -3.06. The van der Waals surface area contributed by atoms with E-state index in [9.17, 15) is 18.0 Å². The summed E-state index contributed by atoms with van der Waals surface area (Å²) in [5.41, 5.74) is 0.781. The van der Waals surface area contributed by atoms with Crippen molar-refractivity contribution in [1.82, 2.24) is 15.0 Å². The van der Waals surface area contributed by atoms with E-state index in [0.717, 1.165) is 18.5 Å². The van der Waals surface area contributed by atoms with Crippen LogP contribution in [-0.2, 0) is 19.4 Å². The number of rotatable bonds is 3. The van der Waals surface area contributed by atoms with Gasteiger partial charge in [0.2, 0.25) is 11.8 Å². The van der Waals surface area contributed by atoms with Gasteiger partial charge in [0.15, 0.2) is 15.6 Å². The van der Waals surface area contributed by atoms with Crippen LogP contribution in [0.3, 0.4) is 0 Å². The molecule has 26 heavy (non-hydrogen) atoms. The van der Waals surface area contributed by atoms with Crippen LogP contribution in [0.2, 0.25) is 0 Å². The molecule has 0 aromatic carbocycles. The Kier molecular flexibility index (Phi) is 4.29. The largest absolute Gasteiger partial charge is 0.359 e. The fraction of sp³-hybridized carbons (Fsp3) is 0.706. The van der Waals surface area contributed by atoms with Gasteiger partial charge < -0.3 is 14.3 Å². The van der Waals surface area contributed by atoms with Crippen LogP contribution in [0.1, 0.15) is 43.2 Å². The molecule has 9 heteroatoms. The molecule has 3 aliphatic heterocycles. The van der Waals surface area contributed by atoms with Crippen LogP contribution in [0.15, 0.2) is 10.6 Å². The average molecular weight is 381 g/mol. The number of aromatic nitrogens is 1. The van der Waals surface area contributed by atoms with Crippen molar-refractivity contribution in [3.63, 3.8) is 0 Å². The van der Waals surface area contributed by atoms with Gasteiger partial charge in [-0.05, 0) is 26.2 Å². The Morgan fingerprint density at radius 2 is 2.15 bits per heavy atom. The lowest BCUT2D eigenvalue weighted by molar-refractivity contribution is -0.137. The van der Waals surface area contributed by atoms with Gasteiger partial charge in [-0.3, -0.25) is 9.59 Å². The molecule has 4 rings (SSSR count). The summed E-state index contributed by atoms with van der Waals surface area (Å²) in [7, 11) is -3.06. The molecule has 0 bridgehead atoms. The number of carbonyl (C=O) groups excluding carboxylic acids is 2. The number of nitrogens with zero attached hydrogens (tertiary/aromatic N) is 3. The smallest absolute Gasteiger partial charge is 0.228 e. The predicted molar refractivity (Wildman–Crippen MR) is 91.8 cm³/mol. The highest BCUT2D eigenvalue weighted by Crippen LogP contribution is 2.35. The standard InChI is InChI=1S/C17H23N3O5S/c1-11-7-15(25-18-11)14-3-2-5-19(14)17(22)12-8-16(21)20(9-12)13-4-6-26(23,24)10-13/h7,12-14H,2-6,8-10H2,1H3. The van der Waals surface area contributed by atoms with E-state index in [1.54, 1.807) is 9.80 Å². The number of aryl methyl sites for hydroxylation is 1. The third-order valence-electron chi connectivity index (χ3n) is 5.67. The Hall–Kier alpha value is -1.90. The van der Waals surface area contributed by atoms with Crippen molar-refractivity contribution in [1.29, 1.82) is 0 Å². The van der Waals surface area contributed by atoms with E-state index < -0.39 is 15.8 Å². The summed E-state index contributed by atoms with van der Waals surface area (Å²) in [6.07, 6.45) is 2.35. The molecule has 0 radical (unpaired) electrons. The molecule has 3 saturated heterocycles. The van der Waals surface area contributed by atoms with E-state index in [1.165, 1.54) is 0 Å². The topological polar surface area (TPSA) is 101 Å². The Balaban J connectivity index is 1.46. The van der Waals surface area contributed by atoms with Gasteiger partial charge in [0.05, 0.1) is 29.2 Å². The number of sulfone groups is 1. The normalized spacial score (nSPS) is 31.1. The highest BCUT2D eigenvalue weighted by molar-refractivity contribution is 7.91. The van der Waals surface area contributed by atoms with Gasteiger partial charge in [-0.15, -0.1) is 0 Å². The molecule has 8 nitrogen and oxygen atoms in total. The van der Waals surface area contributed by atoms with Crippen LogP contribution < -0.4 is 0 Å². The molecule has 0 N–H and O–H groups in total. The van der Waals surface area contributed by atoms with Crippen molar-refractivity contribution in [3.8, 4) is 0 Å². The van der Waals surface area contributed by atoms with Gasteiger partial charge in [0, 0.05) is 31.6 Å². The highest BCUT2D eigenvalue weighted by Gasteiger charge is 2.44. The van der Waals surface area contributed by atoms with Crippen LogP contribution in [0.5, 0.6) is 0 Å². The third kappa shape index (κ3) is 3.13. The minimum Gasteiger partial charge on any atom is -0.359 e. The predicted octanol–water partition coefficient (Wildman–Crippen LogP) is 0.682. The average Bonchev–Trinajstić information content (AvgIpc) is 3.32. The molecular weight excluding hydrogens is 358 g/mol. The lowest BCUT2D eigenvalue weighted by atomic mass is 10.1. The monoisotopic (exact) mass is 381 g/mol. The summed E-state index contributed by atoms with van der Waals surface area (Å²) in [5.74, 6) is 0.268. The lowest BCUT2D eigenvalue weighted by Crippen LogP contribution is -2.40. The van der Waals surface area contributed by atoms with Gasteiger partial charge in [-0.2, -0.15) is 0 Å². The summed E-state index contributed by atoms with van der Waals surface area (Å²) in [5, 5.41) is 3.91. The quantitative estimate of drug-likeness (QED) is 0.763. The van der Waals surface area contributed by atoms with E-state index >= 15 is 0 Å². The molecule has 0 saturated carbocycles. The van der Waals surface area contributed by atoms with Crippen molar-refractivity contribution < 1.29 is 22.5 Å². The van der Waals surface area contributed by atoms with Crippen LogP contribution >= 0.6 is 0 Å². The van der Waals surface area contributed by atoms with Crippen molar-refractivity contribution in [2.45, 2.75) is 44.7 Å². The van der Waals surface area contributed by atoms with Crippen molar-refractivity contribution in [2.75, 3.05) is 24.6 Å². The van der Waals surface area contributed by atoms with Gasteiger partial charge >= 0.3 is 0 Å². The molecule has 142 valence electrons. The first-order valence-electron chi connectivity index (χ1n) is 9.07. The lowest BCUT2D eigenvalue weighted by Gasteiger charge is -2.27. The number of carbonyl (C=O) groups is 2. The maximum Gasteiger partial charge on any atom is 0.228 e. The molecule has 4 heterocycles. The van der Waals surface area contributed by atoms with E-state index in [2.05, 4.69) is 5.16 Å². The zero-order valence-electron chi connectivity index (χ0n) is 14.8. The summed E-state index contributed by atoms with van der Waals surface area (Å²) >= 11 is 0. The molecule has 1 aromatic rings. The molecule has 3 aliphatic rings. The van der Waals surface area contributed by atoms with Crippen molar-refractivity contribution >= 4 is 21.7 Å². The Labute approximate surface area is 152 Å². The molecule has 3 atom stereocenters. The minimum absolute atomic E-state index is 0.0172. The third-order valence-corrected chi connectivity index (χ3v) is 7.42. The van der Waals surface area contributed by atoms with Gasteiger partial charge in [-0.1, -0.05) is 5.16 Å². The highest BCUT2D eigenvalue weighted by atomic mass is 32.2. The first kappa shape index (κ1) is 17.5. The SMILES string of the molecule is Cc1cc(C2CCCN2C(=O)C2CC(=O)N(C3CCS(=O)(=O)C3)C2)on1. The Morgan fingerprint density at radius 3 is 2.81 bits per heavy atom. The molecule has 3 unspecified atom stereocenters. The Bertz CT molecular complexity index is 833. The zero-order chi connectivity index (χ0) is 18.5. The van der Waals surface area contributed by atoms with Crippen LogP contribution in [0, 0.1) is 12.8 Å². The van der Waals surface area contributed by atoms with Crippen LogP contribution in [0.25, 0.3) is 0 Å². The second-order valence-corrected chi connectivity index (χ2v) is 9.79. The fourth-order valence-corrected chi connectivity index (χ4v) is 6.10. The number of hydrogen-bond acceptors (Lipinski definition) is 6. The fourth-order valence-electron chi connectivity index (χ4n) is 4.37. The summed E-state index contributed by atoms with van der Waals surface area (Å²) in [4.78, 5) is 28.8. The summed E-state index contributed by atoms with van der Waals surface area (Å²) in [6, 6.07) is 1.45. The first-order chi connectivity index (χ1) is 12.3. The second kappa shape index (κ2) is 6.37. The molecular formula is C17H23N3O5S. The van der Waals surface area contributed by atoms with Gasteiger partial charge in [0.1, 0.15) is 0 Å². The number of hydrogen-bond donors (Lipinski definition) is 0. The maximum atomic E-state index is 13.0. The first-order valence-corrected chi connectivity index (χ1v) is 10.9. The van der Waals surface area contributed by atoms with E-state index in [1.807, 2.05) is 13.0 Å². The molecule has 1 aromatic heterocycles. The summed E-state index contributed by atoms with van der Waals surface area (Å²) in [6.45, 7) is 2.81. The Morgan fingerprint density at radius 1 is 1.35 bits per heavy atom. The van der Waals surface area contributed by atoms with E-state index in [-0.39, 0.29) is 41.8 Å². The second-order valence-electron chi connectivity index (χ2n) is 7.56. The zero-order valence-corrected chi connectivity index (χ0v) is 15.6. The van der Waals surface area contributed by atoms with Crippen LogP contribution in [-0.4, -0.2) is 65.8 Å². The number of likely N-dealkylation sites (tertiary alicyclic amines) is 2. The molecule has 2 amide bonds. The maximum absolute atomic E-state index is 13.0.